The Morgan fingerprint density at radius 1 is 1.24 bits per heavy atom. The fraction of sp³-hybridized carbons (Fsp3) is 0.318. The number of benzene rings is 1. The first kappa shape index (κ1) is 23.9. The van der Waals surface area contributed by atoms with Crippen LogP contribution in [0.4, 0.5) is 20.3 Å². The average molecular weight is 507 g/mol. The molecule has 0 saturated carbocycles. The zero-order valence-corrected chi connectivity index (χ0v) is 19.3. The van der Waals surface area contributed by atoms with Crippen molar-refractivity contribution in [1.82, 2.24) is 15.0 Å². The van der Waals surface area contributed by atoms with Crippen LogP contribution in [0.15, 0.2) is 24.3 Å². The first-order chi connectivity index (χ1) is 16.1. The number of carboxylic acid groups (broad SMARTS) is 1. The molecule has 1 aliphatic heterocycles. The molecule has 2 aromatic heterocycles. The van der Waals surface area contributed by atoms with Gasteiger partial charge in [0.25, 0.3) is 5.92 Å². The van der Waals surface area contributed by atoms with Gasteiger partial charge >= 0.3 is 5.97 Å². The third-order valence-corrected chi connectivity index (χ3v) is 5.98. The van der Waals surface area contributed by atoms with Gasteiger partial charge in [0, 0.05) is 36.5 Å². The van der Waals surface area contributed by atoms with E-state index in [1.807, 2.05) is 6.07 Å². The van der Waals surface area contributed by atoms with Crippen LogP contribution in [0.3, 0.4) is 0 Å². The number of carbonyl (C=O) groups is 1. The van der Waals surface area contributed by atoms with Gasteiger partial charge in [-0.05, 0) is 31.2 Å². The lowest BCUT2D eigenvalue weighted by Gasteiger charge is -2.33. The van der Waals surface area contributed by atoms with Gasteiger partial charge in [0.05, 0.1) is 22.8 Å². The number of piperidine rings is 1. The summed E-state index contributed by atoms with van der Waals surface area (Å²) >= 11 is 12.1. The van der Waals surface area contributed by atoms with Crippen molar-refractivity contribution in [2.75, 3.05) is 23.3 Å². The van der Waals surface area contributed by atoms with Gasteiger partial charge in [-0.2, -0.15) is 5.26 Å². The number of halogens is 4. The van der Waals surface area contributed by atoms with Gasteiger partial charge in [-0.15, -0.1) is 0 Å². The van der Waals surface area contributed by atoms with Crippen molar-refractivity contribution < 1.29 is 18.7 Å². The normalized spacial score (nSPS) is 16.2. The summed E-state index contributed by atoms with van der Waals surface area (Å²) in [5.41, 5.74) is 1.34. The quantitative estimate of drug-likeness (QED) is 0.447. The summed E-state index contributed by atoms with van der Waals surface area (Å²) in [4.78, 5) is 26.1. The highest BCUT2D eigenvalue weighted by Crippen LogP contribution is 2.34. The first-order valence-electron chi connectivity index (χ1n) is 10.3. The molecule has 0 radical (unpaired) electrons. The number of alkyl halides is 2. The van der Waals surface area contributed by atoms with Gasteiger partial charge in [-0.3, -0.25) is 0 Å². The van der Waals surface area contributed by atoms with E-state index in [9.17, 15) is 23.9 Å². The molecule has 12 heteroatoms. The summed E-state index contributed by atoms with van der Waals surface area (Å²) in [7, 11) is 0. The van der Waals surface area contributed by atoms with E-state index in [4.69, 9.17) is 23.2 Å². The minimum absolute atomic E-state index is 0.0154. The number of nitrogens with zero attached hydrogens (tertiary/aromatic N) is 5. The summed E-state index contributed by atoms with van der Waals surface area (Å²) in [5.74, 6) is -3.78. The van der Waals surface area contributed by atoms with Crippen LogP contribution in [-0.2, 0) is 0 Å². The molecule has 0 unspecified atom stereocenters. The van der Waals surface area contributed by atoms with Crippen molar-refractivity contribution in [2.45, 2.75) is 31.7 Å². The summed E-state index contributed by atoms with van der Waals surface area (Å²) in [6.07, 6.45) is -0.685. The van der Waals surface area contributed by atoms with E-state index < -0.39 is 17.9 Å². The molecule has 0 amide bonds. The number of hydrogen-bond acceptors (Lipinski definition) is 7. The minimum atomic E-state index is -2.75. The number of carboxylic acids is 1. The van der Waals surface area contributed by atoms with Gasteiger partial charge < -0.3 is 15.3 Å². The summed E-state index contributed by atoms with van der Waals surface area (Å²) < 4.78 is 27.3. The van der Waals surface area contributed by atoms with Crippen LogP contribution in [0.2, 0.25) is 10.2 Å². The van der Waals surface area contributed by atoms with Gasteiger partial charge in [-0.1, -0.05) is 23.2 Å². The fourth-order valence-electron chi connectivity index (χ4n) is 3.84. The molecule has 2 N–H and O–H groups in total. The maximum Gasteiger partial charge on any atom is 0.356 e. The maximum absolute atomic E-state index is 13.7. The molecule has 1 atom stereocenters. The van der Waals surface area contributed by atoms with Crippen molar-refractivity contribution in [2.24, 2.45) is 0 Å². The Balaban J connectivity index is 1.77. The predicted octanol–water partition coefficient (Wildman–Crippen LogP) is 5.31. The zero-order valence-electron chi connectivity index (χ0n) is 17.8. The number of aromatic nitrogens is 3. The number of rotatable bonds is 5. The smallest absolute Gasteiger partial charge is 0.356 e. The Hall–Kier alpha value is -3.29. The van der Waals surface area contributed by atoms with E-state index in [2.05, 4.69) is 20.3 Å². The average Bonchev–Trinajstić information content (AvgIpc) is 2.78. The third-order valence-electron chi connectivity index (χ3n) is 5.55. The van der Waals surface area contributed by atoms with Gasteiger partial charge in [0.2, 0.25) is 0 Å². The molecule has 0 bridgehead atoms. The second kappa shape index (κ2) is 9.16. The van der Waals surface area contributed by atoms with Crippen molar-refractivity contribution in [3.8, 4) is 6.07 Å². The van der Waals surface area contributed by atoms with Crippen molar-refractivity contribution in [3.05, 3.63) is 51.4 Å². The topological polar surface area (TPSA) is 115 Å². The maximum atomic E-state index is 13.7. The summed E-state index contributed by atoms with van der Waals surface area (Å²) in [6.45, 7) is 1.85. The summed E-state index contributed by atoms with van der Waals surface area (Å²) in [6, 6.07) is 7.65. The van der Waals surface area contributed by atoms with E-state index in [0.29, 0.717) is 21.6 Å². The number of anilines is 2. The molecular formula is C22H18Cl2F2N6O2. The number of fused-ring (bicyclic) bond motifs is 1. The van der Waals surface area contributed by atoms with Crippen molar-refractivity contribution in [1.29, 1.82) is 5.26 Å². The molecule has 0 spiro atoms. The fourth-order valence-corrected chi connectivity index (χ4v) is 4.21. The molecule has 1 aromatic carbocycles. The highest BCUT2D eigenvalue weighted by Gasteiger charge is 2.35. The monoisotopic (exact) mass is 506 g/mol. The highest BCUT2D eigenvalue weighted by atomic mass is 35.5. The molecule has 4 rings (SSSR count). The molecule has 176 valence electrons. The Morgan fingerprint density at radius 2 is 1.94 bits per heavy atom. The number of aromatic carboxylic acids is 1. The van der Waals surface area contributed by atoms with Crippen LogP contribution in [-0.4, -0.2) is 45.0 Å². The molecule has 0 aliphatic carbocycles. The number of hydrogen-bond donors (Lipinski definition) is 2. The Kier molecular flexibility index (Phi) is 6.43. The van der Waals surface area contributed by atoms with Crippen LogP contribution in [0.25, 0.3) is 11.0 Å². The zero-order chi connectivity index (χ0) is 24.6. The van der Waals surface area contributed by atoms with Crippen molar-refractivity contribution >= 4 is 51.7 Å². The van der Waals surface area contributed by atoms with Gasteiger partial charge in [0.15, 0.2) is 17.2 Å². The van der Waals surface area contributed by atoms with Crippen LogP contribution in [0.5, 0.6) is 0 Å². The molecule has 8 nitrogen and oxygen atoms in total. The van der Waals surface area contributed by atoms with Crippen LogP contribution >= 0.6 is 23.2 Å². The minimum Gasteiger partial charge on any atom is -0.476 e. The second-order valence-corrected chi connectivity index (χ2v) is 8.74. The lowest BCUT2D eigenvalue weighted by Crippen LogP contribution is -2.40. The molecule has 1 fully saturated rings. The lowest BCUT2D eigenvalue weighted by molar-refractivity contribution is -0.0221. The largest absolute Gasteiger partial charge is 0.476 e. The molecule has 34 heavy (non-hydrogen) atoms. The van der Waals surface area contributed by atoms with E-state index in [-0.39, 0.29) is 54.0 Å². The first-order valence-corrected chi connectivity index (χ1v) is 11.0. The number of nitrogens with one attached hydrogen (secondary N) is 1. The van der Waals surface area contributed by atoms with Crippen LogP contribution in [0.1, 0.15) is 47.6 Å². The van der Waals surface area contributed by atoms with Crippen LogP contribution < -0.4 is 10.2 Å². The van der Waals surface area contributed by atoms with E-state index in [1.165, 1.54) is 12.1 Å². The van der Waals surface area contributed by atoms with Gasteiger partial charge in [0.1, 0.15) is 11.2 Å². The van der Waals surface area contributed by atoms with Gasteiger partial charge in [-0.25, -0.2) is 28.5 Å². The molecule has 1 aliphatic rings. The van der Waals surface area contributed by atoms with E-state index in [0.717, 1.165) is 0 Å². The molecule has 3 heterocycles. The standard InChI is InChI=1S/C22H18Cl2F2N6O2/c1-11(28-14-2-3-17(24)30-19(14)21(33)34)13-8-12(23)9-15-18(13)31-20(16(10-27)29-15)32-6-4-22(25,26)5-7-32/h2-3,8-9,11,28H,4-7H2,1H3,(H,33,34)/t11-/m1/s1. The highest BCUT2D eigenvalue weighted by molar-refractivity contribution is 6.31. The Bertz CT molecular complexity index is 1320. The third kappa shape index (κ3) is 4.81. The molecule has 1 saturated heterocycles. The van der Waals surface area contributed by atoms with Crippen LogP contribution in [0, 0.1) is 11.3 Å². The van der Waals surface area contributed by atoms with Crippen molar-refractivity contribution in [3.63, 3.8) is 0 Å². The molecular weight excluding hydrogens is 489 g/mol. The molecule has 3 aromatic rings. The Labute approximate surface area is 203 Å². The lowest BCUT2D eigenvalue weighted by atomic mass is 10.0. The summed E-state index contributed by atoms with van der Waals surface area (Å²) in [5, 5.41) is 22.5. The van der Waals surface area contributed by atoms with E-state index >= 15 is 0 Å². The second-order valence-electron chi connectivity index (χ2n) is 7.91. The Morgan fingerprint density at radius 3 is 2.59 bits per heavy atom. The van der Waals surface area contributed by atoms with E-state index in [1.54, 1.807) is 24.0 Å². The predicted molar refractivity (Wildman–Crippen MR) is 124 cm³/mol. The SMILES string of the molecule is C[C@@H](Nc1ccc(Cl)nc1C(=O)O)c1cc(Cl)cc2nc(C#N)c(N3CCC(F)(F)CC3)nc12. The number of nitriles is 1. The number of pyridine rings is 1.